The molecule has 0 spiro atoms. The number of benzene rings is 2. The van der Waals surface area contributed by atoms with Gasteiger partial charge in [-0.2, -0.15) is 0 Å². The highest BCUT2D eigenvalue weighted by molar-refractivity contribution is 7.99. The predicted octanol–water partition coefficient (Wildman–Crippen LogP) is 3.17. The Labute approximate surface area is 130 Å². The summed E-state index contributed by atoms with van der Waals surface area (Å²) in [5, 5.41) is 0. The van der Waals surface area contributed by atoms with E-state index in [1.807, 2.05) is 30.3 Å². The zero-order valence-electron chi connectivity index (χ0n) is 11.2. The van der Waals surface area contributed by atoms with E-state index in [9.17, 15) is 21.6 Å². The Balaban J connectivity index is 1.99. The average molecular weight is 347 g/mol. The third kappa shape index (κ3) is 4.02. The van der Waals surface area contributed by atoms with Crippen LogP contribution in [0.5, 0.6) is 0 Å². The maximum Gasteiger partial charge on any atom is 0.243 e. The van der Waals surface area contributed by atoms with Crippen molar-refractivity contribution in [2.75, 3.05) is 12.3 Å². The lowest BCUT2D eigenvalue weighted by molar-refractivity contribution is 0.431. The van der Waals surface area contributed by atoms with Gasteiger partial charge in [-0.25, -0.2) is 26.3 Å². The molecule has 0 atom stereocenters. The van der Waals surface area contributed by atoms with Crippen LogP contribution in [0.15, 0.2) is 52.3 Å². The van der Waals surface area contributed by atoms with Crippen molar-refractivity contribution in [3.63, 3.8) is 0 Å². The van der Waals surface area contributed by atoms with Crippen LogP contribution in [0.2, 0.25) is 0 Å². The average Bonchev–Trinajstić information content (AvgIpc) is 2.50. The maximum atomic E-state index is 13.5. The van der Waals surface area contributed by atoms with Gasteiger partial charge < -0.3 is 0 Å². The van der Waals surface area contributed by atoms with Crippen molar-refractivity contribution >= 4 is 21.8 Å². The zero-order valence-corrected chi connectivity index (χ0v) is 12.9. The molecule has 0 bridgehead atoms. The van der Waals surface area contributed by atoms with E-state index in [-0.39, 0.29) is 6.54 Å². The number of halogens is 3. The van der Waals surface area contributed by atoms with E-state index >= 15 is 0 Å². The van der Waals surface area contributed by atoms with Gasteiger partial charge in [-0.1, -0.05) is 18.2 Å². The molecule has 118 valence electrons. The van der Waals surface area contributed by atoms with Crippen LogP contribution in [-0.4, -0.2) is 20.7 Å². The summed E-state index contributed by atoms with van der Waals surface area (Å²) in [4.78, 5) is 0.0526. The Kier molecular flexibility index (Phi) is 5.49. The van der Waals surface area contributed by atoms with E-state index in [0.717, 1.165) is 4.90 Å². The monoisotopic (exact) mass is 347 g/mol. The molecular weight excluding hydrogens is 335 g/mol. The predicted molar refractivity (Wildman–Crippen MR) is 78.7 cm³/mol. The summed E-state index contributed by atoms with van der Waals surface area (Å²) in [6.45, 7) is 0.0281. The fourth-order valence-electron chi connectivity index (χ4n) is 1.66. The van der Waals surface area contributed by atoms with Gasteiger partial charge in [0.2, 0.25) is 10.0 Å². The van der Waals surface area contributed by atoms with E-state index in [0.29, 0.717) is 17.9 Å². The van der Waals surface area contributed by atoms with Gasteiger partial charge in [0.1, 0.15) is 4.90 Å². The molecule has 0 aliphatic carbocycles. The number of hydrogen-bond acceptors (Lipinski definition) is 3. The minimum atomic E-state index is -4.23. The molecule has 0 fully saturated rings. The van der Waals surface area contributed by atoms with Crippen LogP contribution < -0.4 is 4.72 Å². The Morgan fingerprint density at radius 3 is 2.32 bits per heavy atom. The second-order valence-electron chi connectivity index (χ2n) is 4.23. The molecule has 0 aliphatic rings. The highest BCUT2D eigenvalue weighted by Crippen LogP contribution is 2.20. The molecule has 0 saturated carbocycles. The van der Waals surface area contributed by atoms with Gasteiger partial charge in [0, 0.05) is 17.2 Å². The number of rotatable bonds is 6. The van der Waals surface area contributed by atoms with Crippen LogP contribution >= 0.6 is 11.8 Å². The smallest absolute Gasteiger partial charge is 0.210 e. The summed E-state index contributed by atoms with van der Waals surface area (Å²) in [7, 11) is -4.23. The molecule has 1 N–H and O–H groups in total. The van der Waals surface area contributed by atoms with E-state index in [1.54, 1.807) is 0 Å². The molecule has 0 radical (unpaired) electrons. The van der Waals surface area contributed by atoms with Crippen LogP contribution in [0, 0.1) is 17.5 Å². The van der Waals surface area contributed by atoms with E-state index in [4.69, 9.17) is 0 Å². The number of thioether (sulfide) groups is 1. The van der Waals surface area contributed by atoms with Crippen LogP contribution in [0.25, 0.3) is 0 Å². The fourth-order valence-corrected chi connectivity index (χ4v) is 3.67. The lowest BCUT2D eigenvalue weighted by Gasteiger charge is -2.08. The molecule has 2 aromatic carbocycles. The van der Waals surface area contributed by atoms with Crippen molar-refractivity contribution < 1.29 is 21.6 Å². The highest BCUT2D eigenvalue weighted by Gasteiger charge is 2.23. The first-order valence-electron chi connectivity index (χ1n) is 6.23. The summed E-state index contributed by atoms with van der Waals surface area (Å²) in [6.07, 6.45) is 0. The van der Waals surface area contributed by atoms with Crippen LogP contribution in [0.1, 0.15) is 0 Å². The van der Waals surface area contributed by atoms with E-state index in [1.165, 1.54) is 11.8 Å². The quantitative estimate of drug-likeness (QED) is 0.496. The van der Waals surface area contributed by atoms with Crippen LogP contribution in [-0.2, 0) is 10.0 Å². The maximum absolute atomic E-state index is 13.5. The van der Waals surface area contributed by atoms with Crippen molar-refractivity contribution in [3.05, 3.63) is 59.9 Å². The summed E-state index contributed by atoms with van der Waals surface area (Å²) in [5.74, 6) is -4.55. The second kappa shape index (κ2) is 7.17. The molecule has 22 heavy (non-hydrogen) atoms. The van der Waals surface area contributed by atoms with E-state index < -0.39 is 32.4 Å². The Morgan fingerprint density at radius 1 is 0.955 bits per heavy atom. The third-order valence-corrected chi connectivity index (χ3v) is 5.19. The molecular formula is C14H12F3NO2S2. The lowest BCUT2D eigenvalue weighted by Crippen LogP contribution is -2.27. The Morgan fingerprint density at radius 2 is 1.64 bits per heavy atom. The minimum absolute atomic E-state index is 0.0281. The summed E-state index contributed by atoms with van der Waals surface area (Å²) in [6, 6.07) is 10.6. The van der Waals surface area contributed by atoms with Crippen molar-refractivity contribution in [2.45, 2.75) is 9.79 Å². The topological polar surface area (TPSA) is 46.2 Å². The van der Waals surface area contributed by atoms with Crippen molar-refractivity contribution in [2.24, 2.45) is 0 Å². The number of nitrogens with one attached hydrogen (secondary N) is 1. The molecule has 0 unspecified atom stereocenters. The Hall–Kier alpha value is -1.51. The van der Waals surface area contributed by atoms with Gasteiger partial charge in [-0.05, 0) is 24.3 Å². The SMILES string of the molecule is O=S(=O)(NCCSc1ccccc1)c1ccc(F)c(F)c1F. The molecule has 0 aromatic heterocycles. The van der Waals surface area contributed by atoms with Gasteiger partial charge in [-0.3, -0.25) is 0 Å². The van der Waals surface area contributed by atoms with Crippen molar-refractivity contribution in [3.8, 4) is 0 Å². The zero-order chi connectivity index (χ0) is 16.2. The molecule has 8 heteroatoms. The second-order valence-corrected chi connectivity index (χ2v) is 7.14. The van der Waals surface area contributed by atoms with Gasteiger partial charge in [0.25, 0.3) is 0 Å². The minimum Gasteiger partial charge on any atom is -0.210 e. The molecule has 0 heterocycles. The molecule has 3 nitrogen and oxygen atoms in total. The molecule has 0 amide bonds. The number of hydrogen-bond donors (Lipinski definition) is 1. The fraction of sp³-hybridized carbons (Fsp3) is 0.143. The van der Waals surface area contributed by atoms with Crippen molar-refractivity contribution in [1.29, 1.82) is 0 Å². The third-order valence-electron chi connectivity index (χ3n) is 2.70. The van der Waals surface area contributed by atoms with Gasteiger partial charge in [-0.15, -0.1) is 11.8 Å². The summed E-state index contributed by atoms with van der Waals surface area (Å²) in [5.41, 5.74) is 0. The molecule has 0 aliphatic heterocycles. The van der Waals surface area contributed by atoms with Crippen LogP contribution in [0.3, 0.4) is 0 Å². The van der Waals surface area contributed by atoms with Gasteiger partial charge >= 0.3 is 0 Å². The number of sulfonamides is 1. The summed E-state index contributed by atoms with van der Waals surface area (Å²) < 4.78 is 65.3. The summed E-state index contributed by atoms with van der Waals surface area (Å²) >= 11 is 1.41. The van der Waals surface area contributed by atoms with Gasteiger partial charge in [0.15, 0.2) is 17.5 Å². The standard InChI is InChI=1S/C14H12F3NO2S2/c15-11-6-7-12(14(17)13(11)16)22(19,20)18-8-9-21-10-4-2-1-3-5-10/h1-7,18H,8-9H2. The lowest BCUT2D eigenvalue weighted by atomic mass is 10.3. The molecule has 2 aromatic rings. The van der Waals surface area contributed by atoms with Crippen LogP contribution in [0.4, 0.5) is 13.2 Å². The molecule has 0 saturated heterocycles. The first kappa shape index (κ1) is 16.9. The van der Waals surface area contributed by atoms with Gasteiger partial charge in [0.05, 0.1) is 0 Å². The largest absolute Gasteiger partial charge is 0.243 e. The van der Waals surface area contributed by atoms with E-state index in [2.05, 4.69) is 4.72 Å². The first-order valence-corrected chi connectivity index (χ1v) is 8.70. The first-order chi connectivity index (χ1) is 10.4. The highest BCUT2D eigenvalue weighted by atomic mass is 32.2. The molecule has 2 rings (SSSR count). The normalized spacial score (nSPS) is 11.6. The Bertz CT molecular complexity index is 752. The van der Waals surface area contributed by atoms with Crippen molar-refractivity contribution in [1.82, 2.24) is 4.72 Å².